The van der Waals surface area contributed by atoms with Gasteiger partial charge in [-0.05, 0) is 24.6 Å². The fourth-order valence-corrected chi connectivity index (χ4v) is 6.35. The molecule has 0 amide bonds. The van der Waals surface area contributed by atoms with Gasteiger partial charge in [0.15, 0.2) is 0 Å². The summed E-state index contributed by atoms with van der Waals surface area (Å²) < 4.78 is 28.3. The van der Waals surface area contributed by atoms with E-state index in [-0.39, 0.29) is 5.56 Å². The minimum absolute atomic E-state index is 0.226. The van der Waals surface area contributed by atoms with Crippen molar-refractivity contribution < 1.29 is 13.7 Å². The molecule has 0 N–H and O–H groups in total. The maximum Gasteiger partial charge on any atom is 0.273 e. The SMILES string of the molecule is CCOCCOc1nn(-c2ccccc2)c(=O)cc1N1CCN([SH](C)(=O)Cc2ccccc2)CC1. The molecule has 0 unspecified atom stereocenters. The number of aromatic nitrogens is 2. The molecule has 1 aliphatic heterocycles. The number of ether oxygens (including phenoxy) is 2. The Bertz CT molecular complexity index is 1190. The van der Waals surface area contributed by atoms with Gasteiger partial charge in [0, 0.05) is 50.9 Å². The standard InChI is InChI=1S/C26H34N4O4S/c1-3-33-18-19-34-26-24(20-25(31)30(27-26)23-12-8-5-9-13-23)28-14-16-29(17-15-28)35(2,32)21-22-10-6-4-7-11-22/h4-13,20,35H,3,14-19,21H2,1-2H3. The van der Waals surface area contributed by atoms with Crippen molar-refractivity contribution in [3.05, 3.63) is 82.6 Å². The molecule has 8 nitrogen and oxygen atoms in total. The van der Waals surface area contributed by atoms with Crippen molar-refractivity contribution in [2.45, 2.75) is 12.7 Å². The molecule has 0 bridgehead atoms. The molecule has 3 aromatic rings. The van der Waals surface area contributed by atoms with Gasteiger partial charge in [-0.1, -0.05) is 58.6 Å². The molecule has 4 rings (SSSR count). The summed E-state index contributed by atoms with van der Waals surface area (Å²) in [5, 5.41) is 4.56. The third kappa shape index (κ3) is 6.36. The Balaban J connectivity index is 1.52. The van der Waals surface area contributed by atoms with Crippen LogP contribution in [0.15, 0.2) is 71.5 Å². The number of hydrogen-bond donors (Lipinski definition) is 1. The third-order valence-corrected chi connectivity index (χ3v) is 8.61. The molecule has 2 aromatic carbocycles. The molecule has 1 fully saturated rings. The second kappa shape index (κ2) is 11.6. The molecular weight excluding hydrogens is 464 g/mol. The quantitative estimate of drug-likeness (QED) is 0.342. The van der Waals surface area contributed by atoms with Crippen molar-refractivity contribution >= 4 is 15.8 Å². The van der Waals surface area contributed by atoms with E-state index in [9.17, 15) is 9.00 Å². The molecule has 2 heterocycles. The fourth-order valence-electron chi connectivity index (χ4n) is 4.24. The van der Waals surface area contributed by atoms with Crippen LogP contribution in [0.25, 0.3) is 5.69 Å². The zero-order chi connectivity index (χ0) is 24.7. The molecule has 0 spiro atoms. The molecule has 0 atom stereocenters. The molecule has 0 saturated carbocycles. The Hall–Kier alpha value is -3.01. The number of benzene rings is 2. The van der Waals surface area contributed by atoms with Crippen LogP contribution in [0.4, 0.5) is 5.69 Å². The maximum atomic E-state index is 13.5. The summed E-state index contributed by atoms with van der Waals surface area (Å²) >= 11 is 0. The number of para-hydroxylation sites is 1. The van der Waals surface area contributed by atoms with Crippen molar-refractivity contribution in [2.75, 3.05) is 57.2 Å². The first kappa shape index (κ1) is 25.1. The van der Waals surface area contributed by atoms with Crippen LogP contribution in [0, 0.1) is 0 Å². The van der Waals surface area contributed by atoms with Gasteiger partial charge in [-0.2, -0.15) is 4.68 Å². The highest BCUT2D eigenvalue weighted by Crippen LogP contribution is 2.27. The summed E-state index contributed by atoms with van der Waals surface area (Å²) in [6.45, 7) is 5.85. The highest BCUT2D eigenvalue weighted by atomic mass is 32.3. The van der Waals surface area contributed by atoms with E-state index in [4.69, 9.17) is 9.47 Å². The van der Waals surface area contributed by atoms with Gasteiger partial charge in [0.25, 0.3) is 11.4 Å². The minimum atomic E-state index is -2.53. The Morgan fingerprint density at radius 1 is 0.943 bits per heavy atom. The fraction of sp³-hybridized carbons (Fsp3) is 0.385. The molecule has 1 aromatic heterocycles. The Kier molecular flexibility index (Phi) is 8.33. The highest BCUT2D eigenvalue weighted by molar-refractivity contribution is 7.99. The average Bonchev–Trinajstić information content (AvgIpc) is 2.88. The topological polar surface area (TPSA) is 76.9 Å². The summed E-state index contributed by atoms with van der Waals surface area (Å²) in [6.07, 6.45) is 1.86. The average molecular weight is 499 g/mol. The largest absolute Gasteiger partial charge is 0.473 e. The maximum absolute atomic E-state index is 13.5. The minimum Gasteiger partial charge on any atom is -0.473 e. The van der Waals surface area contributed by atoms with Gasteiger partial charge in [0.05, 0.1) is 12.3 Å². The molecular formula is C26H34N4O4S. The lowest BCUT2D eigenvalue weighted by Crippen LogP contribution is -2.51. The van der Waals surface area contributed by atoms with Crippen molar-refractivity contribution in [3.8, 4) is 11.6 Å². The van der Waals surface area contributed by atoms with Crippen LogP contribution in [-0.2, 0) is 20.6 Å². The lowest BCUT2D eigenvalue weighted by Gasteiger charge is -2.41. The number of thiol groups is 1. The molecule has 0 aliphatic carbocycles. The number of piperazine rings is 1. The van der Waals surface area contributed by atoms with Crippen LogP contribution < -0.4 is 15.2 Å². The summed E-state index contributed by atoms with van der Waals surface area (Å²) in [7, 11) is -2.53. The molecule has 0 radical (unpaired) electrons. The third-order valence-electron chi connectivity index (χ3n) is 6.06. The summed E-state index contributed by atoms with van der Waals surface area (Å²) in [5.41, 5.74) is 2.19. The first-order chi connectivity index (χ1) is 17.0. The number of nitrogens with zero attached hydrogens (tertiary/aromatic N) is 4. The van der Waals surface area contributed by atoms with Crippen LogP contribution in [0.5, 0.6) is 5.88 Å². The van der Waals surface area contributed by atoms with Crippen LogP contribution in [0.1, 0.15) is 12.5 Å². The van der Waals surface area contributed by atoms with Crippen LogP contribution >= 0.6 is 0 Å². The van der Waals surface area contributed by atoms with E-state index in [0.717, 1.165) is 5.56 Å². The Labute approximate surface area is 207 Å². The predicted molar refractivity (Wildman–Crippen MR) is 141 cm³/mol. The Morgan fingerprint density at radius 3 is 2.26 bits per heavy atom. The molecule has 9 heteroatoms. The van der Waals surface area contributed by atoms with Gasteiger partial charge in [-0.25, -0.2) is 4.31 Å². The van der Waals surface area contributed by atoms with Gasteiger partial charge in [-0.3, -0.25) is 9.00 Å². The second-order valence-electron chi connectivity index (χ2n) is 8.60. The van der Waals surface area contributed by atoms with E-state index in [1.807, 2.05) is 73.8 Å². The van der Waals surface area contributed by atoms with Crippen molar-refractivity contribution in [2.24, 2.45) is 0 Å². The molecule has 1 aliphatic rings. The van der Waals surface area contributed by atoms with Crippen LogP contribution in [-0.4, -0.2) is 70.6 Å². The zero-order valence-corrected chi connectivity index (χ0v) is 21.3. The predicted octanol–water partition coefficient (Wildman–Crippen LogP) is 2.53. The number of hydrogen-bond acceptors (Lipinski definition) is 6. The lowest BCUT2D eigenvalue weighted by molar-refractivity contribution is 0.108. The number of anilines is 1. The first-order valence-electron chi connectivity index (χ1n) is 12.0. The van der Waals surface area contributed by atoms with Gasteiger partial charge in [0.1, 0.15) is 12.3 Å². The summed E-state index contributed by atoms with van der Waals surface area (Å²) in [6, 6.07) is 20.8. The van der Waals surface area contributed by atoms with Gasteiger partial charge < -0.3 is 14.4 Å². The molecule has 1 saturated heterocycles. The Morgan fingerprint density at radius 2 is 1.60 bits per heavy atom. The van der Waals surface area contributed by atoms with Crippen molar-refractivity contribution in [3.63, 3.8) is 0 Å². The van der Waals surface area contributed by atoms with Crippen molar-refractivity contribution in [1.29, 1.82) is 0 Å². The first-order valence-corrected chi connectivity index (χ1v) is 14.3. The van der Waals surface area contributed by atoms with Gasteiger partial charge >= 0.3 is 0 Å². The summed E-state index contributed by atoms with van der Waals surface area (Å²) in [5.74, 6) is 0.944. The normalized spacial score (nSPS) is 15.2. The van der Waals surface area contributed by atoms with Crippen LogP contribution in [0.2, 0.25) is 0 Å². The second-order valence-corrected chi connectivity index (χ2v) is 11.6. The van der Waals surface area contributed by atoms with E-state index < -0.39 is 10.1 Å². The van der Waals surface area contributed by atoms with Crippen LogP contribution in [0.3, 0.4) is 0 Å². The zero-order valence-electron chi connectivity index (χ0n) is 20.4. The monoisotopic (exact) mass is 498 g/mol. The lowest BCUT2D eigenvalue weighted by atomic mass is 10.2. The van der Waals surface area contributed by atoms with E-state index in [2.05, 4.69) is 14.3 Å². The highest BCUT2D eigenvalue weighted by Gasteiger charge is 2.27. The summed E-state index contributed by atoms with van der Waals surface area (Å²) in [4.78, 5) is 15.1. The molecule has 35 heavy (non-hydrogen) atoms. The van der Waals surface area contributed by atoms with Gasteiger partial charge in [-0.15, -0.1) is 5.10 Å². The number of rotatable bonds is 10. The van der Waals surface area contributed by atoms with Crippen molar-refractivity contribution in [1.82, 2.24) is 14.1 Å². The molecule has 188 valence electrons. The smallest absolute Gasteiger partial charge is 0.273 e. The van der Waals surface area contributed by atoms with E-state index in [0.29, 0.717) is 69.0 Å². The van der Waals surface area contributed by atoms with E-state index in [1.165, 1.54) is 4.68 Å². The van der Waals surface area contributed by atoms with Gasteiger partial charge in [0.2, 0.25) is 0 Å². The van der Waals surface area contributed by atoms with E-state index in [1.54, 1.807) is 6.07 Å². The van der Waals surface area contributed by atoms with E-state index >= 15 is 0 Å².